The Labute approximate surface area is 140 Å². The predicted molar refractivity (Wildman–Crippen MR) is 94.2 cm³/mol. The summed E-state index contributed by atoms with van der Waals surface area (Å²) in [7, 11) is 0. The number of hydrogen-bond acceptors (Lipinski definition) is 2. The van der Waals surface area contributed by atoms with Gasteiger partial charge < -0.3 is 5.32 Å². The van der Waals surface area contributed by atoms with E-state index in [-0.39, 0.29) is 5.91 Å². The lowest BCUT2D eigenvalue weighted by Crippen LogP contribution is -2.56. The first-order valence-corrected chi connectivity index (χ1v) is 9.26. The van der Waals surface area contributed by atoms with E-state index in [4.69, 9.17) is 0 Å². The van der Waals surface area contributed by atoms with Crippen LogP contribution in [0.25, 0.3) is 0 Å². The third kappa shape index (κ3) is 4.14. The number of amides is 1. The largest absolute Gasteiger partial charge is 0.353 e. The van der Waals surface area contributed by atoms with E-state index in [1.165, 1.54) is 30.4 Å². The molecule has 2 aliphatic heterocycles. The quantitative estimate of drug-likeness (QED) is 0.896. The van der Waals surface area contributed by atoms with Gasteiger partial charge in [0.2, 0.25) is 5.91 Å². The summed E-state index contributed by atoms with van der Waals surface area (Å²) in [5.74, 6) is 0.238. The molecule has 2 saturated heterocycles. The van der Waals surface area contributed by atoms with Crippen LogP contribution in [0.2, 0.25) is 0 Å². The summed E-state index contributed by atoms with van der Waals surface area (Å²) in [6.45, 7) is 5.27. The van der Waals surface area contributed by atoms with Crippen LogP contribution in [0, 0.1) is 6.92 Å². The molecule has 2 bridgehead atoms. The van der Waals surface area contributed by atoms with Gasteiger partial charge in [0.1, 0.15) is 0 Å². The molecule has 3 nitrogen and oxygen atoms in total. The summed E-state index contributed by atoms with van der Waals surface area (Å²) in [6.07, 6.45) is 7.75. The molecule has 2 fully saturated rings. The zero-order valence-electron chi connectivity index (χ0n) is 14.6. The lowest BCUT2D eigenvalue weighted by molar-refractivity contribution is -0.122. The molecule has 126 valence electrons. The summed E-state index contributed by atoms with van der Waals surface area (Å²) in [4.78, 5) is 14.6. The molecular weight excluding hydrogens is 284 g/mol. The molecule has 1 amide bonds. The number of piperidine rings is 2. The summed E-state index contributed by atoms with van der Waals surface area (Å²) >= 11 is 0. The van der Waals surface area contributed by atoms with Crippen LogP contribution in [0.5, 0.6) is 0 Å². The van der Waals surface area contributed by atoms with Crippen LogP contribution >= 0.6 is 0 Å². The van der Waals surface area contributed by atoms with Gasteiger partial charge in [-0.15, -0.1) is 0 Å². The molecule has 2 atom stereocenters. The van der Waals surface area contributed by atoms with Crippen LogP contribution in [-0.4, -0.2) is 28.9 Å². The number of benzene rings is 1. The van der Waals surface area contributed by atoms with E-state index in [1.807, 2.05) is 0 Å². The minimum Gasteiger partial charge on any atom is -0.353 e. The monoisotopic (exact) mass is 314 g/mol. The Morgan fingerprint density at radius 3 is 2.43 bits per heavy atom. The molecule has 2 aliphatic rings. The zero-order chi connectivity index (χ0) is 16.2. The van der Waals surface area contributed by atoms with Crippen LogP contribution < -0.4 is 5.32 Å². The summed E-state index contributed by atoms with van der Waals surface area (Å²) < 4.78 is 0. The third-order valence-corrected chi connectivity index (χ3v) is 5.45. The number of fused-ring (bicyclic) bond motifs is 2. The SMILES string of the molecule is CCCC(=O)NC1CC2CCCC(C1)N2Cc1ccc(C)cc1. The van der Waals surface area contributed by atoms with Crippen molar-refractivity contribution in [1.82, 2.24) is 10.2 Å². The predicted octanol–water partition coefficient (Wildman–Crippen LogP) is 3.80. The van der Waals surface area contributed by atoms with Gasteiger partial charge in [-0.2, -0.15) is 0 Å². The van der Waals surface area contributed by atoms with Gasteiger partial charge in [-0.25, -0.2) is 0 Å². The van der Waals surface area contributed by atoms with E-state index in [1.54, 1.807) is 0 Å². The van der Waals surface area contributed by atoms with Gasteiger partial charge in [-0.1, -0.05) is 43.2 Å². The highest BCUT2D eigenvalue weighted by molar-refractivity contribution is 5.76. The molecule has 0 radical (unpaired) electrons. The van der Waals surface area contributed by atoms with Crippen molar-refractivity contribution in [2.24, 2.45) is 0 Å². The van der Waals surface area contributed by atoms with E-state index in [9.17, 15) is 4.79 Å². The van der Waals surface area contributed by atoms with Gasteiger partial charge in [0, 0.05) is 31.1 Å². The van der Waals surface area contributed by atoms with Crippen LogP contribution in [0.3, 0.4) is 0 Å². The Bertz CT molecular complexity index is 511. The average Bonchev–Trinajstić information content (AvgIpc) is 2.50. The zero-order valence-corrected chi connectivity index (χ0v) is 14.6. The maximum absolute atomic E-state index is 11.9. The first-order valence-electron chi connectivity index (χ1n) is 9.26. The van der Waals surface area contributed by atoms with Gasteiger partial charge in [0.25, 0.3) is 0 Å². The number of carbonyl (C=O) groups excluding carboxylic acids is 1. The van der Waals surface area contributed by atoms with Crippen LogP contribution in [0.15, 0.2) is 24.3 Å². The van der Waals surface area contributed by atoms with Gasteiger partial charge >= 0.3 is 0 Å². The van der Waals surface area contributed by atoms with Crippen molar-refractivity contribution in [3.8, 4) is 0 Å². The van der Waals surface area contributed by atoms with Crippen LogP contribution in [0.4, 0.5) is 0 Å². The van der Waals surface area contributed by atoms with E-state index in [0.29, 0.717) is 24.5 Å². The van der Waals surface area contributed by atoms with Gasteiger partial charge in [-0.05, 0) is 44.6 Å². The van der Waals surface area contributed by atoms with Crippen molar-refractivity contribution in [3.05, 3.63) is 35.4 Å². The second-order valence-electron chi connectivity index (χ2n) is 7.38. The number of carbonyl (C=O) groups is 1. The molecule has 3 heteroatoms. The van der Waals surface area contributed by atoms with Gasteiger partial charge in [-0.3, -0.25) is 9.69 Å². The minimum atomic E-state index is 0.238. The molecule has 1 aromatic rings. The molecule has 1 N–H and O–H groups in total. The Hall–Kier alpha value is -1.35. The molecule has 2 unspecified atom stereocenters. The maximum Gasteiger partial charge on any atom is 0.220 e. The normalized spacial score (nSPS) is 27.7. The second kappa shape index (κ2) is 7.48. The Kier molecular flexibility index (Phi) is 5.37. The number of aryl methyl sites for hydroxylation is 1. The number of nitrogens with one attached hydrogen (secondary N) is 1. The standard InChI is InChI=1S/C20H30N2O/c1-3-5-20(23)21-17-12-18-6-4-7-19(13-17)22(18)14-16-10-8-15(2)9-11-16/h8-11,17-19H,3-7,12-14H2,1-2H3,(H,21,23). The van der Waals surface area contributed by atoms with Crippen molar-refractivity contribution in [2.75, 3.05) is 0 Å². The smallest absolute Gasteiger partial charge is 0.220 e. The molecule has 0 aromatic heterocycles. The highest BCUT2D eigenvalue weighted by Crippen LogP contribution is 2.35. The lowest BCUT2D eigenvalue weighted by Gasteiger charge is -2.49. The Morgan fingerprint density at radius 1 is 1.17 bits per heavy atom. The molecule has 2 heterocycles. The highest BCUT2D eigenvalue weighted by atomic mass is 16.1. The van der Waals surface area contributed by atoms with Crippen molar-refractivity contribution in [1.29, 1.82) is 0 Å². The first kappa shape index (κ1) is 16.5. The third-order valence-electron chi connectivity index (χ3n) is 5.45. The molecular formula is C20H30N2O. The average molecular weight is 314 g/mol. The molecule has 0 saturated carbocycles. The number of hydrogen-bond donors (Lipinski definition) is 1. The summed E-state index contributed by atoms with van der Waals surface area (Å²) in [6, 6.07) is 10.6. The summed E-state index contributed by atoms with van der Waals surface area (Å²) in [5.41, 5.74) is 2.74. The fourth-order valence-corrected chi connectivity index (χ4v) is 4.29. The van der Waals surface area contributed by atoms with Gasteiger partial charge in [0.15, 0.2) is 0 Å². The highest BCUT2D eigenvalue weighted by Gasteiger charge is 2.38. The van der Waals surface area contributed by atoms with E-state index in [2.05, 4.69) is 48.3 Å². The van der Waals surface area contributed by atoms with Crippen LogP contribution in [-0.2, 0) is 11.3 Å². The summed E-state index contributed by atoms with van der Waals surface area (Å²) in [5, 5.41) is 3.27. The molecule has 3 rings (SSSR count). The fourth-order valence-electron chi connectivity index (χ4n) is 4.29. The second-order valence-corrected chi connectivity index (χ2v) is 7.38. The van der Waals surface area contributed by atoms with E-state index >= 15 is 0 Å². The number of nitrogens with zero attached hydrogens (tertiary/aromatic N) is 1. The van der Waals surface area contributed by atoms with Gasteiger partial charge in [0.05, 0.1) is 0 Å². The maximum atomic E-state index is 11.9. The van der Waals surface area contributed by atoms with Crippen LogP contribution in [0.1, 0.15) is 63.0 Å². The fraction of sp³-hybridized carbons (Fsp3) is 0.650. The molecule has 0 aliphatic carbocycles. The Morgan fingerprint density at radius 2 is 1.83 bits per heavy atom. The van der Waals surface area contributed by atoms with E-state index < -0.39 is 0 Å². The number of rotatable bonds is 5. The molecule has 0 spiro atoms. The molecule has 23 heavy (non-hydrogen) atoms. The van der Waals surface area contributed by atoms with Crippen molar-refractivity contribution >= 4 is 5.91 Å². The first-order chi connectivity index (χ1) is 11.2. The Balaban J connectivity index is 1.62. The van der Waals surface area contributed by atoms with E-state index in [0.717, 1.165) is 25.8 Å². The lowest BCUT2D eigenvalue weighted by atomic mass is 9.81. The minimum absolute atomic E-state index is 0.238. The van der Waals surface area contributed by atoms with Crippen molar-refractivity contribution < 1.29 is 4.79 Å². The van der Waals surface area contributed by atoms with Crippen molar-refractivity contribution in [3.63, 3.8) is 0 Å². The van der Waals surface area contributed by atoms with Crippen molar-refractivity contribution in [2.45, 2.75) is 83.5 Å². The topological polar surface area (TPSA) is 32.3 Å². The molecule has 1 aromatic carbocycles.